The first-order valence-electron chi connectivity index (χ1n) is 18.8. The fourth-order valence-corrected chi connectivity index (χ4v) is 9.10. The molecular formula is C50H32N4O. The van der Waals surface area contributed by atoms with Gasteiger partial charge < -0.3 is 13.9 Å². The Morgan fingerprint density at radius 1 is 0.509 bits per heavy atom. The van der Waals surface area contributed by atoms with Crippen molar-refractivity contribution in [2.75, 3.05) is 4.90 Å². The zero-order chi connectivity index (χ0) is 36.0. The van der Waals surface area contributed by atoms with Crippen molar-refractivity contribution in [1.29, 1.82) is 0 Å². The molecule has 0 spiro atoms. The maximum absolute atomic E-state index is 6.83. The summed E-state index contributed by atoms with van der Waals surface area (Å²) in [5.41, 5.74) is 12.6. The number of furan rings is 1. The summed E-state index contributed by atoms with van der Waals surface area (Å²) in [6.45, 7) is 0. The molecule has 0 N–H and O–H groups in total. The molecule has 7 aromatic carbocycles. The number of hydrogen-bond donors (Lipinski definition) is 0. The van der Waals surface area contributed by atoms with E-state index in [9.17, 15) is 0 Å². The molecule has 5 heteroatoms. The third-order valence-corrected chi connectivity index (χ3v) is 11.5. The van der Waals surface area contributed by atoms with Crippen molar-refractivity contribution in [3.8, 4) is 28.1 Å². The van der Waals surface area contributed by atoms with Crippen molar-refractivity contribution in [3.63, 3.8) is 0 Å². The number of nitrogens with zero attached hydrogens (tertiary/aromatic N) is 4. The molecule has 2 atom stereocenters. The summed E-state index contributed by atoms with van der Waals surface area (Å²) in [5.74, 6) is 0.801. The van der Waals surface area contributed by atoms with Crippen LogP contribution in [0.25, 0.3) is 82.7 Å². The highest BCUT2D eigenvalue weighted by molar-refractivity contribution is 6.23. The lowest BCUT2D eigenvalue weighted by molar-refractivity contribution is 0.671. The fourth-order valence-electron chi connectivity index (χ4n) is 9.10. The van der Waals surface area contributed by atoms with Crippen molar-refractivity contribution < 1.29 is 4.42 Å². The van der Waals surface area contributed by atoms with Crippen LogP contribution in [0.4, 0.5) is 11.6 Å². The first-order chi connectivity index (χ1) is 27.3. The van der Waals surface area contributed by atoms with E-state index >= 15 is 0 Å². The summed E-state index contributed by atoms with van der Waals surface area (Å²) in [4.78, 5) is 13.2. The number of hydrogen-bond acceptors (Lipinski definition) is 4. The molecular weight excluding hydrogens is 673 g/mol. The molecule has 0 saturated heterocycles. The van der Waals surface area contributed by atoms with Crippen molar-refractivity contribution in [1.82, 2.24) is 14.5 Å². The number of rotatable bonds is 4. The Labute approximate surface area is 316 Å². The van der Waals surface area contributed by atoms with E-state index in [1.807, 2.05) is 6.07 Å². The molecule has 0 radical (unpaired) electrons. The van der Waals surface area contributed by atoms with Crippen LogP contribution >= 0.6 is 0 Å². The standard InChI is InChI=1S/C50H32N4O/c1-3-14-31(15-4-1)33-18-13-19-34(30-33)53-46-38(39-28-29-40-36-21-9-12-25-44(36)55-49(40)48(39)53)27-26-37-35-20-8-11-24-43(35)54(47(37)46)50-51-42-23-10-7-22-41(42)45(52-50)32-16-5-2-6-17-32/h1-30,35,43H. The van der Waals surface area contributed by atoms with E-state index in [-0.39, 0.29) is 12.0 Å². The van der Waals surface area contributed by atoms with Gasteiger partial charge in [-0.2, -0.15) is 0 Å². The van der Waals surface area contributed by atoms with Crippen LogP contribution in [0.2, 0.25) is 0 Å². The molecule has 5 nitrogen and oxygen atoms in total. The van der Waals surface area contributed by atoms with Gasteiger partial charge in [0.15, 0.2) is 5.58 Å². The van der Waals surface area contributed by atoms with Gasteiger partial charge in [-0.3, -0.25) is 0 Å². The van der Waals surface area contributed by atoms with Crippen LogP contribution in [0, 0.1) is 0 Å². The maximum Gasteiger partial charge on any atom is 0.231 e. The summed E-state index contributed by atoms with van der Waals surface area (Å²) in [6.07, 6.45) is 8.96. The molecule has 55 heavy (non-hydrogen) atoms. The van der Waals surface area contributed by atoms with Gasteiger partial charge >= 0.3 is 0 Å². The lowest BCUT2D eigenvalue weighted by atomic mass is 9.91. The summed E-state index contributed by atoms with van der Waals surface area (Å²) in [7, 11) is 0. The van der Waals surface area contributed by atoms with E-state index in [4.69, 9.17) is 14.4 Å². The summed E-state index contributed by atoms with van der Waals surface area (Å²) >= 11 is 0. The second-order valence-corrected chi connectivity index (χ2v) is 14.5. The van der Waals surface area contributed by atoms with Gasteiger partial charge in [-0.05, 0) is 47.0 Å². The highest BCUT2D eigenvalue weighted by Crippen LogP contribution is 2.53. The summed E-state index contributed by atoms with van der Waals surface area (Å²) in [6, 6.07) is 55.8. The van der Waals surface area contributed by atoms with Gasteiger partial charge in [0.1, 0.15) is 5.58 Å². The molecule has 1 aliphatic heterocycles. The number of benzene rings is 7. The van der Waals surface area contributed by atoms with E-state index in [0.29, 0.717) is 5.95 Å². The van der Waals surface area contributed by atoms with Crippen LogP contribution in [-0.2, 0) is 0 Å². The molecule has 4 heterocycles. The first kappa shape index (κ1) is 30.2. The van der Waals surface area contributed by atoms with Gasteiger partial charge in [-0.25, -0.2) is 9.97 Å². The predicted octanol–water partition coefficient (Wildman–Crippen LogP) is 12.7. The lowest BCUT2D eigenvalue weighted by Gasteiger charge is -2.28. The van der Waals surface area contributed by atoms with E-state index in [1.165, 1.54) is 11.1 Å². The Kier molecular flexibility index (Phi) is 6.39. The summed E-state index contributed by atoms with van der Waals surface area (Å²) in [5, 5.41) is 5.54. The molecule has 1 aliphatic carbocycles. The zero-order valence-corrected chi connectivity index (χ0v) is 29.7. The molecule has 0 amide bonds. The number of para-hydroxylation sites is 2. The van der Waals surface area contributed by atoms with Crippen LogP contribution in [0.5, 0.6) is 0 Å². The Morgan fingerprint density at radius 2 is 1.20 bits per heavy atom. The monoisotopic (exact) mass is 704 g/mol. The van der Waals surface area contributed by atoms with Crippen molar-refractivity contribution in [2.24, 2.45) is 0 Å². The van der Waals surface area contributed by atoms with Gasteiger partial charge in [-0.15, -0.1) is 0 Å². The molecule has 10 aromatic rings. The van der Waals surface area contributed by atoms with Gasteiger partial charge in [0.05, 0.1) is 34.0 Å². The highest BCUT2D eigenvalue weighted by Gasteiger charge is 2.41. The third-order valence-electron chi connectivity index (χ3n) is 11.5. The van der Waals surface area contributed by atoms with Gasteiger partial charge in [-0.1, -0.05) is 152 Å². The van der Waals surface area contributed by atoms with Crippen LogP contribution < -0.4 is 4.90 Å². The first-order valence-corrected chi connectivity index (χ1v) is 18.8. The third kappa shape index (κ3) is 4.41. The van der Waals surface area contributed by atoms with E-state index < -0.39 is 0 Å². The minimum Gasteiger partial charge on any atom is -0.454 e. The van der Waals surface area contributed by atoms with Crippen molar-refractivity contribution in [3.05, 3.63) is 188 Å². The maximum atomic E-state index is 6.83. The lowest BCUT2D eigenvalue weighted by Crippen LogP contribution is -2.30. The van der Waals surface area contributed by atoms with Crippen LogP contribution in [-0.4, -0.2) is 20.6 Å². The van der Waals surface area contributed by atoms with Crippen molar-refractivity contribution >= 4 is 66.3 Å². The Morgan fingerprint density at radius 3 is 2.07 bits per heavy atom. The molecule has 2 unspecified atom stereocenters. The van der Waals surface area contributed by atoms with Gasteiger partial charge in [0.2, 0.25) is 5.95 Å². The number of allylic oxidation sites excluding steroid dienone is 2. The Bertz CT molecular complexity index is 3230. The van der Waals surface area contributed by atoms with E-state index in [1.54, 1.807) is 0 Å². The largest absolute Gasteiger partial charge is 0.454 e. The normalized spacial score (nSPS) is 16.2. The van der Waals surface area contributed by atoms with Crippen LogP contribution in [0.3, 0.4) is 0 Å². The Balaban J connectivity index is 1.22. The number of fused-ring (bicyclic) bond motifs is 12. The van der Waals surface area contributed by atoms with Crippen LogP contribution in [0.15, 0.2) is 186 Å². The quantitative estimate of drug-likeness (QED) is 0.183. The van der Waals surface area contributed by atoms with E-state index in [0.717, 1.165) is 82.8 Å². The smallest absolute Gasteiger partial charge is 0.231 e. The van der Waals surface area contributed by atoms with Gasteiger partial charge in [0.25, 0.3) is 0 Å². The zero-order valence-electron chi connectivity index (χ0n) is 29.7. The summed E-state index contributed by atoms with van der Waals surface area (Å²) < 4.78 is 9.27. The van der Waals surface area contributed by atoms with E-state index in [2.05, 4.69) is 185 Å². The molecule has 3 aromatic heterocycles. The molecule has 2 aliphatic rings. The number of anilines is 2. The minimum atomic E-state index is -0.0104. The molecule has 12 rings (SSSR count). The van der Waals surface area contributed by atoms with Gasteiger partial charge in [0, 0.05) is 44.1 Å². The molecule has 0 bridgehead atoms. The molecule has 258 valence electrons. The molecule has 0 fully saturated rings. The molecule has 0 saturated carbocycles. The topological polar surface area (TPSA) is 47.1 Å². The fraction of sp³-hybridized carbons (Fsp3) is 0.0400. The average molecular weight is 705 g/mol. The minimum absolute atomic E-state index is 0.0104. The van der Waals surface area contributed by atoms with Crippen molar-refractivity contribution in [2.45, 2.75) is 12.0 Å². The SMILES string of the molecule is C1=CC2c3ccc4c5ccc6c7ccccc7oc6c5n(-c5cccc(-c6ccccc6)c5)c4c3N(c3nc(-c4ccccc4)c4ccccc4n3)C2C=C1. The highest BCUT2D eigenvalue weighted by atomic mass is 16.3. The second-order valence-electron chi connectivity index (χ2n) is 14.5. The second kappa shape index (κ2) is 11.6. The van der Waals surface area contributed by atoms with Crippen LogP contribution in [0.1, 0.15) is 11.5 Å². The number of aromatic nitrogens is 3. The average Bonchev–Trinajstić information content (AvgIpc) is 3.92. The Hall–Kier alpha value is -7.24. The predicted molar refractivity (Wildman–Crippen MR) is 225 cm³/mol.